The number of thiol groups is 1. The molecule has 78 valence electrons. The van der Waals surface area contributed by atoms with Crippen LogP contribution in [0.4, 0.5) is 0 Å². The van der Waals surface area contributed by atoms with Crippen molar-refractivity contribution in [3.8, 4) is 6.07 Å². The van der Waals surface area contributed by atoms with Crippen molar-refractivity contribution >= 4 is 30.2 Å². The van der Waals surface area contributed by atoms with E-state index in [9.17, 15) is 4.79 Å². The fourth-order valence-corrected chi connectivity index (χ4v) is 1.54. The summed E-state index contributed by atoms with van der Waals surface area (Å²) in [6.45, 7) is 0. The molecule has 0 aliphatic rings. The van der Waals surface area contributed by atoms with Crippen LogP contribution >= 0.6 is 24.2 Å². The summed E-state index contributed by atoms with van der Waals surface area (Å²) in [5.74, 6) is -0.438. The lowest BCUT2D eigenvalue weighted by molar-refractivity contribution is -0.139. The molecule has 0 radical (unpaired) electrons. The van der Waals surface area contributed by atoms with Crippen molar-refractivity contribution in [3.63, 3.8) is 0 Å². The van der Waals surface area contributed by atoms with E-state index in [1.807, 2.05) is 6.07 Å². The number of halogens is 1. The number of rotatable bonds is 2. The molecular formula is C10H8ClNO2S. The molecule has 0 amide bonds. The third kappa shape index (κ3) is 2.65. The van der Waals surface area contributed by atoms with E-state index in [2.05, 4.69) is 17.4 Å². The average Bonchev–Trinajstić information content (AvgIpc) is 2.25. The number of hydrogen-bond donors (Lipinski definition) is 1. The lowest BCUT2D eigenvalue weighted by Crippen LogP contribution is -2.06. The highest BCUT2D eigenvalue weighted by Crippen LogP contribution is 2.27. The number of esters is 1. The van der Waals surface area contributed by atoms with E-state index in [0.717, 1.165) is 0 Å². The summed E-state index contributed by atoms with van der Waals surface area (Å²) in [4.78, 5) is 11.6. The Bertz CT molecular complexity index is 440. The zero-order chi connectivity index (χ0) is 11.4. The summed E-state index contributed by atoms with van der Waals surface area (Å²) in [7, 11) is 1.28. The number of methoxy groups -OCH3 is 1. The highest BCUT2D eigenvalue weighted by molar-refractivity contribution is 7.80. The van der Waals surface area contributed by atoms with Crippen LogP contribution in [0.15, 0.2) is 17.0 Å². The largest absolute Gasteiger partial charge is 0.469 e. The predicted molar refractivity (Wildman–Crippen MR) is 59.1 cm³/mol. The van der Waals surface area contributed by atoms with Gasteiger partial charge in [0.1, 0.15) is 0 Å². The second-order valence-electron chi connectivity index (χ2n) is 2.79. The monoisotopic (exact) mass is 241 g/mol. The standard InChI is InChI=1S/C10H8ClNO2S/c1-14-9(13)4-7-6(5-12)2-3-8(15)10(7)11/h2-3,15H,4H2,1H3. The van der Waals surface area contributed by atoms with Gasteiger partial charge in [0.2, 0.25) is 0 Å². The zero-order valence-corrected chi connectivity index (χ0v) is 9.60. The molecule has 0 N–H and O–H groups in total. The molecule has 3 nitrogen and oxygen atoms in total. The van der Waals surface area contributed by atoms with Gasteiger partial charge >= 0.3 is 5.97 Å². The maximum absolute atomic E-state index is 11.1. The summed E-state index contributed by atoms with van der Waals surface area (Å²) >= 11 is 10.1. The van der Waals surface area contributed by atoms with Crippen LogP contribution in [0, 0.1) is 11.3 Å². The van der Waals surface area contributed by atoms with Crippen LogP contribution in [0.25, 0.3) is 0 Å². The molecule has 15 heavy (non-hydrogen) atoms. The Hall–Kier alpha value is -1.18. The van der Waals surface area contributed by atoms with Gasteiger partial charge in [-0.1, -0.05) is 11.6 Å². The Labute approximate surface area is 98.0 Å². The summed E-state index contributed by atoms with van der Waals surface area (Å²) in [6.07, 6.45) is -0.0212. The van der Waals surface area contributed by atoms with Gasteiger partial charge in [-0.2, -0.15) is 5.26 Å². The van der Waals surface area contributed by atoms with Gasteiger partial charge in [0.25, 0.3) is 0 Å². The van der Waals surface area contributed by atoms with Crippen molar-refractivity contribution in [2.45, 2.75) is 11.3 Å². The molecule has 1 aromatic rings. The summed E-state index contributed by atoms with van der Waals surface area (Å²) in [5, 5.41) is 9.16. The Morgan fingerprint density at radius 2 is 2.33 bits per heavy atom. The van der Waals surface area contributed by atoms with E-state index in [0.29, 0.717) is 21.0 Å². The zero-order valence-electron chi connectivity index (χ0n) is 7.95. The lowest BCUT2D eigenvalue weighted by Gasteiger charge is -2.07. The molecule has 0 saturated carbocycles. The first-order chi connectivity index (χ1) is 7.10. The van der Waals surface area contributed by atoms with Crippen molar-refractivity contribution < 1.29 is 9.53 Å². The number of hydrogen-bond acceptors (Lipinski definition) is 4. The number of nitriles is 1. The Morgan fingerprint density at radius 1 is 1.67 bits per heavy atom. The van der Waals surface area contributed by atoms with Gasteiger partial charge in [0.15, 0.2) is 0 Å². The Balaban J connectivity index is 3.19. The summed E-state index contributed by atoms with van der Waals surface area (Å²) in [6, 6.07) is 5.16. The number of ether oxygens (including phenoxy) is 1. The number of nitrogens with zero attached hydrogens (tertiary/aromatic N) is 1. The van der Waals surface area contributed by atoms with E-state index >= 15 is 0 Å². The summed E-state index contributed by atoms with van der Waals surface area (Å²) in [5.41, 5.74) is 0.821. The molecule has 0 bridgehead atoms. The maximum atomic E-state index is 11.1. The Kier molecular flexibility index (Phi) is 4.01. The Morgan fingerprint density at radius 3 is 2.87 bits per heavy atom. The van der Waals surface area contributed by atoms with Gasteiger partial charge in [-0.3, -0.25) is 4.79 Å². The first-order valence-electron chi connectivity index (χ1n) is 4.07. The quantitative estimate of drug-likeness (QED) is 0.638. The average molecular weight is 242 g/mol. The number of carbonyl (C=O) groups excluding carboxylic acids is 1. The molecule has 0 unspecified atom stereocenters. The van der Waals surface area contributed by atoms with Crippen molar-refractivity contribution in [3.05, 3.63) is 28.3 Å². The second-order valence-corrected chi connectivity index (χ2v) is 3.65. The third-order valence-electron chi connectivity index (χ3n) is 1.89. The number of carbonyl (C=O) groups is 1. The highest BCUT2D eigenvalue weighted by Gasteiger charge is 2.13. The first kappa shape index (κ1) is 11.9. The van der Waals surface area contributed by atoms with Gasteiger partial charge < -0.3 is 4.74 Å². The smallest absolute Gasteiger partial charge is 0.310 e. The molecular weight excluding hydrogens is 234 g/mol. The van der Waals surface area contributed by atoms with Crippen LogP contribution in [-0.2, 0) is 16.0 Å². The minimum Gasteiger partial charge on any atom is -0.469 e. The van der Waals surface area contributed by atoms with Gasteiger partial charge in [-0.05, 0) is 12.1 Å². The van der Waals surface area contributed by atoms with Gasteiger partial charge in [0.05, 0.1) is 30.2 Å². The first-order valence-corrected chi connectivity index (χ1v) is 4.90. The molecule has 1 rings (SSSR count). The third-order valence-corrected chi connectivity index (χ3v) is 2.83. The molecule has 0 aromatic heterocycles. The maximum Gasteiger partial charge on any atom is 0.310 e. The van der Waals surface area contributed by atoms with E-state index in [-0.39, 0.29) is 6.42 Å². The van der Waals surface area contributed by atoms with E-state index in [1.165, 1.54) is 7.11 Å². The van der Waals surface area contributed by atoms with Crippen molar-refractivity contribution in [2.24, 2.45) is 0 Å². The molecule has 5 heteroatoms. The molecule has 0 saturated heterocycles. The molecule has 0 heterocycles. The van der Waals surface area contributed by atoms with Gasteiger partial charge in [-0.15, -0.1) is 12.6 Å². The fraction of sp³-hybridized carbons (Fsp3) is 0.200. The number of benzene rings is 1. The second kappa shape index (κ2) is 5.06. The van der Waals surface area contributed by atoms with E-state index in [1.54, 1.807) is 12.1 Å². The van der Waals surface area contributed by atoms with Crippen molar-refractivity contribution in [1.29, 1.82) is 5.26 Å². The van der Waals surface area contributed by atoms with Crippen molar-refractivity contribution in [1.82, 2.24) is 0 Å². The molecule has 0 atom stereocenters. The van der Waals surface area contributed by atoms with Gasteiger partial charge in [-0.25, -0.2) is 0 Å². The van der Waals surface area contributed by atoms with Gasteiger partial charge in [0, 0.05) is 10.5 Å². The van der Waals surface area contributed by atoms with E-state index in [4.69, 9.17) is 16.9 Å². The topological polar surface area (TPSA) is 50.1 Å². The van der Waals surface area contributed by atoms with Crippen LogP contribution in [0.3, 0.4) is 0 Å². The predicted octanol–water partition coefficient (Wildman–Crippen LogP) is 2.22. The minimum atomic E-state index is -0.438. The van der Waals surface area contributed by atoms with Crippen molar-refractivity contribution in [2.75, 3.05) is 7.11 Å². The normalized spacial score (nSPS) is 9.47. The lowest BCUT2D eigenvalue weighted by atomic mass is 10.1. The minimum absolute atomic E-state index is 0.0212. The van der Waals surface area contributed by atoms with Crippen LogP contribution < -0.4 is 0 Å². The molecule has 0 aliphatic heterocycles. The van der Waals surface area contributed by atoms with Crippen LogP contribution in [0.1, 0.15) is 11.1 Å². The van der Waals surface area contributed by atoms with Crippen LogP contribution in [-0.4, -0.2) is 13.1 Å². The van der Waals surface area contributed by atoms with E-state index < -0.39 is 5.97 Å². The van der Waals surface area contributed by atoms with Crippen LogP contribution in [0.2, 0.25) is 5.02 Å². The SMILES string of the molecule is COC(=O)Cc1c(C#N)ccc(S)c1Cl. The molecule has 0 spiro atoms. The molecule has 1 aromatic carbocycles. The summed E-state index contributed by atoms with van der Waals surface area (Å²) < 4.78 is 4.52. The fourth-order valence-electron chi connectivity index (χ4n) is 1.10. The highest BCUT2D eigenvalue weighted by atomic mass is 35.5. The molecule has 0 fully saturated rings. The van der Waals surface area contributed by atoms with Crippen LogP contribution in [0.5, 0.6) is 0 Å². The molecule has 0 aliphatic carbocycles.